The zero-order chi connectivity index (χ0) is 10.2. The van der Waals surface area contributed by atoms with Gasteiger partial charge in [0.1, 0.15) is 5.78 Å². The Balaban J connectivity index is 2.18. The van der Waals surface area contributed by atoms with E-state index in [0.29, 0.717) is 17.2 Å². The fraction of sp³-hybridized carbons (Fsp3) is 0.727. The maximum atomic E-state index is 11.7. The van der Waals surface area contributed by atoms with Crippen LogP contribution in [0.4, 0.5) is 0 Å². The third-order valence-electron chi connectivity index (χ3n) is 3.79. The van der Waals surface area contributed by atoms with Crippen molar-refractivity contribution in [2.24, 2.45) is 11.3 Å². The maximum Gasteiger partial charge on any atom is 0.140 e. The second kappa shape index (κ2) is 3.86. The molecule has 2 saturated carbocycles. The number of ketones is 1. The van der Waals surface area contributed by atoms with Gasteiger partial charge < -0.3 is 0 Å². The molecule has 0 aromatic rings. The quantitative estimate of drug-likeness (QED) is 0.672. The van der Waals surface area contributed by atoms with Gasteiger partial charge in [-0.25, -0.2) is 0 Å². The van der Waals surface area contributed by atoms with E-state index in [-0.39, 0.29) is 11.3 Å². The van der Waals surface area contributed by atoms with Gasteiger partial charge in [0, 0.05) is 28.3 Å². The number of halogens is 2. The zero-order valence-electron chi connectivity index (χ0n) is 8.06. The van der Waals surface area contributed by atoms with Gasteiger partial charge in [-0.3, -0.25) is 4.79 Å². The van der Waals surface area contributed by atoms with E-state index in [9.17, 15) is 4.79 Å². The third-order valence-corrected chi connectivity index (χ3v) is 4.51. The minimum atomic E-state index is -0.124. The van der Waals surface area contributed by atoms with E-state index in [1.54, 1.807) is 0 Å². The highest BCUT2D eigenvalue weighted by Crippen LogP contribution is 2.56. The van der Waals surface area contributed by atoms with Crippen LogP contribution in [0.25, 0.3) is 0 Å². The molecule has 0 aromatic heterocycles. The van der Waals surface area contributed by atoms with E-state index in [1.807, 2.05) is 0 Å². The van der Waals surface area contributed by atoms with Crippen LogP contribution < -0.4 is 0 Å². The van der Waals surface area contributed by atoms with Crippen molar-refractivity contribution in [3.05, 3.63) is 10.6 Å². The van der Waals surface area contributed by atoms with E-state index in [1.165, 1.54) is 12.0 Å². The Morgan fingerprint density at radius 2 is 2.00 bits per heavy atom. The van der Waals surface area contributed by atoms with Crippen LogP contribution >= 0.6 is 23.2 Å². The molecule has 2 aliphatic carbocycles. The van der Waals surface area contributed by atoms with E-state index in [2.05, 4.69) is 0 Å². The summed E-state index contributed by atoms with van der Waals surface area (Å²) < 4.78 is 0. The Bertz CT molecular complexity index is 277. The summed E-state index contributed by atoms with van der Waals surface area (Å²) >= 11 is 11.6. The number of carbonyl (C=O) groups excluding carboxylic acids is 1. The molecule has 0 bridgehead atoms. The smallest absolute Gasteiger partial charge is 0.140 e. The Morgan fingerprint density at radius 3 is 2.50 bits per heavy atom. The lowest BCUT2D eigenvalue weighted by Crippen LogP contribution is -2.51. The molecule has 3 heteroatoms. The highest BCUT2D eigenvalue weighted by atomic mass is 35.5. The zero-order valence-corrected chi connectivity index (χ0v) is 9.57. The molecule has 0 heterocycles. The molecule has 1 nitrogen and oxygen atoms in total. The lowest BCUT2D eigenvalue weighted by Gasteiger charge is -2.50. The van der Waals surface area contributed by atoms with Crippen molar-refractivity contribution in [2.45, 2.75) is 38.5 Å². The Hall–Kier alpha value is -0.0100. The first-order chi connectivity index (χ1) is 6.70. The van der Waals surface area contributed by atoms with E-state index in [0.717, 1.165) is 25.7 Å². The molecule has 1 atom stereocenters. The number of hydrogen-bond donors (Lipinski definition) is 0. The average molecular weight is 233 g/mol. The largest absolute Gasteiger partial charge is 0.299 e. The number of Topliss-reactive ketones (excluding diaryl/α,β-unsaturated/α-hetero) is 1. The van der Waals surface area contributed by atoms with Gasteiger partial charge in [0.05, 0.1) is 0 Å². The van der Waals surface area contributed by atoms with E-state index >= 15 is 0 Å². The Morgan fingerprint density at radius 1 is 1.36 bits per heavy atom. The SMILES string of the molecule is O=C1CC(C(Cl)=CCl)C12CCCCC2. The minimum Gasteiger partial charge on any atom is -0.299 e. The first-order valence-corrected chi connectivity index (χ1v) is 6.01. The van der Waals surface area contributed by atoms with Crippen LogP contribution in [0.5, 0.6) is 0 Å². The van der Waals surface area contributed by atoms with Crippen molar-refractivity contribution in [1.82, 2.24) is 0 Å². The van der Waals surface area contributed by atoms with Gasteiger partial charge in [0.25, 0.3) is 0 Å². The van der Waals surface area contributed by atoms with Crippen LogP contribution in [-0.2, 0) is 4.79 Å². The fourth-order valence-electron chi connectivity index (χ4n) is 2.89. The summed E-state index contributed by atoms with van der Waals surface area (Å²) in [4.78, 5) is 11.7. The van der Waals surface area contributed by atoms with Crippen molar-refractivity contribution in [3.8, 4) is 0 Å². The standard InChI is InChI=1S/C11H14Cl2O/c12-7-9(13)8-6-10(14)11(8)4-2-1-3-5-11/h7-8H,1-6H2. The fourth-order valence-corrected chi connectivity index (χ4v) is 3.33. The highest BCUT2D eigenvalue weighted by Gasteiger charge is 2.55. The molecule has 2 fully saturated rings. The molecule has 2 aliphatic rings. The van der Waals surface area contributed by atoms with E-state index < -0.39 is 0 Å². The topological polar surface area (TPSA) is 17.1 Å². The lowest BCUT2D eigenvalue weighted by molar-refractivity contribution is -0.146. The summed E-state index contributed by atoms with van der Waals surface area (Å²) in [5.41, 5.74) is 1.30. The van der Waals surface area contributed by atoms with Crippen LogP contribution in [0, 0.1) is 11.3 Å². The molecule has 0 saturated heterocycles. The van der Waals surface area contributed by atoms with Gasteiger partial charge in [-0.05, 0) is 12.8 Å². The molecular weight excluding hydrogens is 219 g/mol. The molecule has 1 spiro atoms. The van der Waals surface area contributed by atoms with Crippen molar-refractivity contribution in [1.29, 1.82) is 0 Å². The summed E-state index contributed by atoms with van der Waals surface area (Å²) in [5, 5.41) is 0.674. The molecule has 2 rings (SSSR count). The van der Waals surface area contributed by atoms with Gasteiger partial charge in [-0.2, -0.15) is 0 Å². The summed E-state index contributed by atoms with van der Waals surface area (Å²) in [5.74, 6) is 0.619. The van der Waals surface area contributed by atoms with Crippen LogP contribution in [-0.4, -0.2) is 5.78 Å². The maximum absolute atomic E-state index is 11.7. The number of carbonyl (C=O) groups is 1. The molecule has 0 radical (unpaired) electrons. The van der Waals surface area contributed by atoms with E-state index in [4.69, 9.17) is 23.2 Å². The second-order valence-electron chi connectivity index (χ2n) is 4.39. The van der Waals surface area contributed by atoms with Crippen LogP contribution in [0.1, 0.15) is 38.5 Å². The predicted molar refractivity (Wildman–Crippen MR) is 58.4 cm³/mol. The van der Waals surface area contributed by atoms with Crippen LogP contribution in [0.3, 0.4) is 0 Å². The van der Waals surface area contributed by atoms with Crippen molar-refractivity contribution >= 4 is 29.0 Å². The second-order valence-corrected chi connectivity index (χ2v) is 5.05. The lowest BCUT2D eigenvalue weighted by atomic mass is 9.53. The molecule has 0 N–H and O–H groups in total. The normalized spacial score (nSPS) is 31.7. The number of allylic oxidation sites excluding steroid dienone is 1. The molecule has 0 aliphatic heterocycles. The average Bonchev–Trinajstić information content (AvgIpc) is 2.26. The monoisotopic (exact) mass is 232 g/mol. The summed E-state index contributed by atoms with van der Waals surface area (Å²) in [6.07, 6.45) is 6.20. The van der Waals surface area contributed by atoms with Crippen molar-refractivity contribution in [3.63, 3.8) is 0 Å². The molecule has 78 valence electrons. The highest BCUT2D eigenvalue weighted by molar-refractivity contribution is 6.37. The van der Waals surface area contributed by atoms with Crippen LogP contribution in [0.2, 0.25) is 0 Å². The molecule has 14 heavy (non-hydrogen) atoms. The van der Waals surface area contributed by atoms with Crippen molar-refractivity contribution in [2.75, 3.05) is 0 Å². The summed E-state index contributed by atoms with van der Waals surface area (Å²) in [6.45, 7) is 0. The molecule has 0 amide bonds. The third kappa shape index (κ3) is 1.42. The van der Waals surface area contributed by atoms with Crippen LogP contribution in [0.15, 0.2) is 10.6 Å². The van der Waals surface area contributed by atoms with Gasteiger partial charge in [-0.15, -0.1) is 0 Å². The summed E-state index contributed by atoms with van der Waals surface area (Å²) in [7, 11) is 0. The summed E-state index contributed by atoms with van der Waals surface area (Å²) in [6, 6.07) is 0. The first kappa shape index (κ1) is 10.5. The van der Waals surface area contributed by atoms with Gasteiger partial charge in [0.15, 0.2) is 0 Å². The van der Waals surface area contributed by atoms with Gasteiger partial charge in [0.2, 0.25) is 0 Å². The Kier molecular flexibility index (Phi) is 2.90. The number of hydrogen-bond acceptors (Lipinski definition) is 1. The molecule has 0 aromatic carbocycles. The molecular formula is C11H14Cl2O. The Labute approximate surface area is 94.5 Å². The predicted octanol–water partition coefficient (Wildman–Crippen LogP) is 3.84. The molecule has 1 unspecified atom stereocenters. The number of rotatable bonds is 1. The van der Waals surface area contributed by atoms with Crippen molar-refractivity contribution < 1.29 is 4.79 Å². The van der Waals surface area contributed by atoms with Gasteiger partial charge in [-0.1, -0.05) is 42.5 Å². The van der Waals surface area contributed by atoms with Gasteiger partial charge >= 0.3 is 0 Å². The first-order valence-electron chi connectivity index (χ1n) is 5.20. The minimum absolute atomic E-state index is 0.124.